The molecule has 1 N–H and O–H groups in total. The van der Waals surface area contributed by atoms with Gasteiger partial charge in [0, 0.05) is 16.6 Å². The minimum Gasteiger partial charge on any atom is -0.370 e. The number of hydrogen-bond acceptors (Lipinski definition) is 3. The summed E-state index contributed by atoms with van der Waals surface area (Å²) in [6.45, 7) is 1.70. The summed E-state index contributed by atoms with van der Waals surface area (Å²) < 4.78 is 27.9. The first-order valence-corrected chi connectivity index (χ1v) is 6.84. The molecule has 0 aromatic heterocycles. The molecule has 0 saturated carbocycles. The Morgan fingerprint density at radius 1 is 1.29 bits per heavy atom. The van der Waals surface area contributed by atoms with Crippen molar-refractivity contribution in [3.05, 3.63) is 68.2 Å². The predicted octanol–water partition coefficient (Wildman–Crippen LogP) is 4.81. The van der Waals surface area contributed by atoms with Gasteiger partial charge in [0.15, 0.2) is 17.3 Å². The van der Waals surface area contributed by atoms with E-state index in [9.17, 15) is 18.9 Å². The topological polar surface area (TPSA) is 55.2 Å². The van der Waals surface area contributed by atoms with Crippen molar-refractivity contribution < 1.29 is 13.7 Å². The summed E-state index contributed by atoms with van der Waals surface area (Å²) in [5.41, 5.74) is -0.175. The maximum Gasteiger partial charge on any atom is 0.295 e. The Bertz CT molecular complexity index is 695. The smallest absolute Gasteiger partial charge is 0.295 e. The van der Waals surface area contributed by atoms with Crippen LogP contribution in [0.2, 0.25) is 0 Å². The fraction of sp³-hybridized carbons (Fsp3) is 0.143. The molecule has 0 heterocycles. The van der Waals surface area contributed by atoms with Crippen molar-refractivity contribution in [1.29, 1.82) is 0 Å². The maximum atomic E-state index is 13.8. The van der Waals surface area contributed by atoms with Crippen molar-refractivity contribution in [2.75, 3.05) is 5.32 Å². The number of nitro benzene ring substituents is 1. The molecule has 0 saturated heterocycles. The van der Waals surface area contributed by atoms with E-state index in [0.717, 1.165) is 22.2 Å². The zero-order chi connectivity index (χ0) is 15.6. The van der Waals surface area contributed by atoms with Gasteiger partial charge in [0.05, 0.1) is 4.92 Å². The molecule has 0 amide bonds. The van der Waals surface area contributed by atoms with E-state index in [1.165, 1.54) is 0 Å². The average molecular weight is 357 g/mol. The first-order chi connectivity index (χ1) is 9.90. The van der Waals surface area contributed by atoms with Crippen LogP contribution < -0.4 is 5.32 Å². The number of nitrogens with zero attached hydrogens (tertiary/aromatic N) is 1. The summed E-state index contributed by atoms with van der Waals surface area (Å²) in [7, 11) is 0. The van der Waals surface area contributed by atoms with E-state index in [1.54, 1.807) is 25.1 Å². The lowest BCUT2D eigenvalue weighted by Crippen LogP contribution is -2.11. The zero-order valence-corrected chi connectivity index (χ0v) is 12.5. The van der Waals surface area contributed by atoms with Crippen LogP contribution in [0, 0.1) is 21.7 Å². The van der Waals surface area contributed by atoms with Crippen molar-refractivity contribution in [3.8, 4) is 0 Å². The van der Waals surface area contributed by atoms with Crippen molar-refractivity contribution in [3.63, 3.8) is 0 Å². The predicted molar refractivity (Wildman–Crippen MR) is 79.2 cm³/mol. The molecule has 7 heteroatoms. The van der Waals surface area contributed by atoms with Gasteiger partial charge in [-0.25, -0.2) is 8.78 Å². The molecular formula is C14H11BrF2N2O2. The van der Waals surface area contributed by atoms with Gasteiger partial charge >= 0.3 is 0 Å². The van der Waals surface area contributed by atoms with Gasteiger partial charge in [-0.1, -0.05) is 28.1 Å². The number of rotatable bonds is 4. The third kappa shape index (κ3) is 3.36. The second-order valence-electron chi connectivity index (χ2n) is 4.43. The van der Waals surface area contributed by atoms with E-state index in [2.05, 4.69) is 21.2 Å². The van der Waals surface area contributed by atoms with Gasteiger partial charge in [0.25, 0.3) is 5.69 Å². The molecular weight excluding hydrogens is 346 g/mol. The van der Waals surface area contributed by atoms with Crippen LogP contribution in [0.4, 0.5) is 20.2 Å². The highest BCUT2D eigenvalue weighted by molar-refractivity contribution is 9.10. The van der Waals surface area contributed by atoms with Crippen LogP contribution in [-0.4, -0.2) is 4.92 Å². The number of nitro groups is 1. The summed E-state index contributed by atoms with van der Waals surface area (Å²) >= 11 is 3.31. The first-order valence-electron chi connectivity index (χ1n) is 6.04. The van der Waals surface area contributed by atoms with E-state index < -0.39 is 34.0 Å². The Labute approximate surface area is 128 Å². The largest absolute Gasteiger partial charge is 0.370 e. The van der Waals surface area contributed by atoms with Gasteiger partial charge < -0.3 is 5.32 Å². The SMILES string of the molecule is CC(Nc1c([N+](=O)[O-])ccc(F)c1F)c1cccc(Br)c1. The Kier molecular flexibility index (Phi) is 4.52. The monoisotopic (exact) mass is 356 g/mol. The molecule has 2 rings (SSSR count). The van der Waals surface area contributed by atoms with Crippen molar-refractivity contribution in [2.24, 2.45) is 0 Å². The number of benzene rings is 2. The molecule has 0 aliphatic carbocycles. The van der Waals surface area contributed by atoms with Crippen LogP contribution >= 0.6 is 15.9 Å². The standard InChI is InChI=1S/C14H11BrF2N2O2/c1-8(9-3-2-4-10(15)7-9)18-14-12(19(20)21)6-5-11(16)13(14)17/h2-8,18H,1H3. The van der Waals surface area contributed by atoms with Crippen molar-refractivity contribution >= 4 is 27.3 Å². The van der Waals surface area contributed by atoms with Gasteiger partial charge in [0.2, 0.25) is 0 Å². The van der Waals surface area contributed by atoms with E-state index in [0.29, 0.717) is 0 Å². The molecule has 21 heavy (non-hydrogen) atoms. The molecule has 0 radical (unpaired) electrons. The molecule has 1 atom stereocenters. The number of halogens is 3. The summed E-state index contributed by atoms with van der Waals surface area (Å²) in [5, 5.41) is 13.6. The van der Waals surface area contributed by atoms with Crippen LogP contribution in [0.5, 0.6) is 0 Å². The fourth-order valence-corrected chi connectivity index (χ4v) is 2.32. The molecule has 4 nitrogen and oxygen atoms in total. The second-order valence-corrected chi connectivity index (χ2v) is 5.35. The first kappa shape index (κ1) is 15.4. The molecule has 2 aromatic carbocycles. The molecule has 0 bridgehead atoms. The fourth-order valence-electron chi connectivity index (χ4n) is 1.91. The number of anilines is 1. The van der Waals surface area contributed by atoms with Gasteiger partial charge in [-0.3, -0.25) is 10.1 Å². The highest BCUT2D eigenvalue weighted by Gasteiger charge is 2.23. The van der Waals surface area contributed by atoms with E-state index in [-0.39, 0.29) is 0 Å². The minimum absolute atomic E-state index is 0.433. The van der Waals surface area contributed by atoms with Crippen molar-refractivity contribution in [1.82, 2.24) is 0 Å². The van der Waals surface area contributed by atoms with Crippen molar-refractivity contribution in [2.45, 2.75) is 13.0 Å². The molecule has 2 aromatic rings. The van der Waals surface area contributed by atoms with Gasteiger partial charge in [0.1, 0.15) is 0 Å². The lowest BCUT2D eigenvalue weighted by Gasteiger charge is -2.16. The Morgan fingerprint density at radius 2 is 2.00 bits per heavy atom. The summed E-state index contributed by atoms with van der Waals surface area (Å²) in [4.78, 5) is 10.2. The van der Waals surface area contributed by atoms with Gasteiger partial charge in [-0.15, -0.1) is 0 Å². The highest BCUT2D eigenvalue weighted by Crippen LogP contribution is 2.32. The van der Waals surface area contributed by atoms with E-state index in [4.69, 9.17) is 0 Å². The van der Waals surface area contributed by atoms with Crippen LogP contribution in [0.3, 0.4) is 0 Å². The third-order valence-electron chi connectivity index (χ3n) is 2.98. The average Bonchev–Trinajstić information content (AvgIpc) is 2.43. The van der Waals surface area contributed by atoms with E-state index >= 15 is 0 Å². The number of nitrogens with one attached hydrogen (secondary N) is 1. The Morgan fingerprint density at radius 3 is 2.62 bits per heavy atom. The minimum atomic E-state index is -1.26. The summed E-state index contributed by atoms with van der Waals surface area (Å²) in [5.74, 6) is -2.39. The Hall–Kier alpha value is -2.02. The van der Waals surface area contributed by atoms with Gasteiger partial charge in [-0.05, 0) is 30.7 Å². The summed E-state index contributed by atoms with van der Waals surface area (Å²) in [6, 6.07) is 8.43. The van der Waals surface area contributed by atoms with Crippen LogP contribution in [0.25, 0.3) is 0 Å². The van der Waals surface area contributed by atoms with Crippen LogP contribution in [0.1, 0.15) is 18.5 Å². The maximum absolute atomic E-state index is 13.8. The van der Waals surface area contributed by atoms with Crippen LogP contribution in [-0.2, 0) is 0 Å². The molecule has 0 aliphatic heterocycles. The molecule has 110 valence electrons. The molecule has 0 aliphatic rings. The molecule has 0 spiro atoms. The van der Waals surface area contributed by atoms with Gasteiger partial charge in [-0.2, -0.15) is 0 Å². The molecule has 0 fully saturated rings. The summed E-state index contributed by atoms with van der Waals surface area (Å²) in [6.07, 6.45) is 0. The second kappa shape index (κ2) is 6.17. The highest BCUT2D eigenvalue weighted by atomic mass is 79.9. The normalized spacial score (nSPS) is 12.0. The quantitative estimate of drug-likeness (QED) is 0.631. The lowest BCUT2D eigenvalue weighted by molar-refractivity contribution is -0.384. The Balaban J connectivity index is 2.39. The zero-order valence-electron chi connectivity index (χ0n) is 10.9. The number of hydrogen-bond donors (Lipinski definition) is 1. The third-order valence-corrected chi connectivity index (χ3v) is 3.47. The molecule has 1 unspecified atom stereocenters. The van der Waals surface area contributed by atoms with Crippen LogP contribution in [0.15, 0.2) is 40.9 Å². The van der Waals surface area contributed by atoms with E-state index in [1.807, 2.05) is 6.07 Å². The lowest BCUT2D eigenvalue weighted by atomic mass is 10.1.